The van der Waals surface area contributed by atoms with Crippen LogP contribution in [0.3, 0.4) is 0 Å². The van der Waals surface area contributed by atoms with Crippen LogP contribution in [-0.4, -0.2) is 122 Å². The van der Waals surface area contributed by atoms with Crippen LogP contribution in [0.15, 0.2) is 220 Å². The Morgan fingerprint density at radius 2 is 0.726 bits per heavy atom. The van der Waals surface area contributed by atoms with Crippen LogP contribution in [-0.2, 0) is 119 Å². The van der Waals surface area contributed by atoms with E-state index in [1.54, 1.807) is 48.5 Å². The third kappa shape index (κ3) is 45.7. The molecule has 0 spiro atoms. The molecule has 34 heteroatoms. The Kier molecular flexibility index (Phi) is 56.4. The second-order valence-corrected chi connectivity index (χ2v) is 35.3. The normalized spacial score (nSPS) is 10.9. The molecular formula is C72H84Br5Cl2LiNaO19S6-. The van der Waals surface area contributed by atoms with Gasteiger partial charge >= 0.3 is 57.7 Å². The molecule has 0 saturated carbocycles. The topological polar surface area (TPSA) is 327 Å². The van der Waals surface area contributed by atoms with E-state index in [9.17, 15) is 46.6 Å². The van der Waals surface area contributed by atoms with Crippen molar-refractivity contribution in [3.63, 3.8) is 0 Å². The Morgan fingerprint density at radius 3 is 1.01 bits per heavy atom. The van der Waals surface area contributed by atoms with E-state index in [0.717, 1.165) is 79.8 Å². The van der Waals surface area contributed by atoms with Crippen LogP contribution in [0.25, 0.3) is 12.2 Å². The summed E-state index contributed by atoms with van der Waals surface area (Å²) in [5.74, 6) is 0. The molecule has 106 heavy (non-hydrogen) atoms. The van der Waals surface area contributed by atoms with E-state index in [2.05, 4.69) is 112 Å². The third-order valence-electron chi connectivity index (χ3n) is 13.7. The Morgan fingerprint density at radius 1 is 0.425 bits per heavy atom. The van der Waals surface area contributed by atoms with Gasteiger partial charge in [-0.3, -0.25) is 17.5 Å². The van der Waals surface area contributed by atoms with Crippen molar-refractivity contribution in [2.24, 2.45) is 0 Å². The van der Waals surface area contributed by atoms with Crippen molar-refractivity contribution in [1.29, 1.82) is 0 Å². The summed E-state index contributed by atoms with van der Waals surface area (Å²) in [5.41, 5.74) is 12.3. The number of aryl methyl sites for hydroxylation is 7. The first kappa shape index (κ1) is 107. The van der Waals surface area contributed by atoms with Crippen molar-refractivity contribution in [2.45, 2.75) is 96.6 Å². The number of aliphatic hydroxyl groups is 2. The maximum absolute atomic E-state index is 12.2. The van der Waals surface area contributed by atoms with Gasteiger partial charge in [0.25, 0.3) is 39.4 Å². The summed E-state index contributed by atoms with van der Waals surface area (Å²) in [6.45, 7) is 13.0. The largest absolute Gasteiger partial charge is 1.00 e. The molecule has 574 valence electrons. The Balaban J connectivity index is -0.00000124. The van der Waals surface area contributed by atoms with Crippen molar-refractivity contribution < 1.29 is 148 Å². The first-order valence-electron chi connectivity index (χ1n) is 30.6. The van der Waals surface area contributed by atoms with Gasteiger partial charge in [0.05, 0.1) is 37.7 Å². The molecule has 0 bridgehead atoms. The molecule has 0 aromatic heterocycles. The average molecular weight is 1950 g/mol. The minimum atomic E-state index is -4.45. The number of benzene rings is 8. The molecule has 0 amide bonds. The molecule has 8 aromatic rings. The van der Waals surface area contributed by atoms with Crippen LogP contribution in [0.2, 0.25) is 0 Å². The first-order chi connectivity index (χ1) is 47.9. The van der Waals surface area contributed by atoms with E-state index in [0.29, 0.717) is 54.1 Å². The molecule has 0 aliphatic heterocycles. The van der Waals surface area contributed by atoms with Crippen LogP contribution in [0.4, 0.5) is 0 Å². The van der Waals surface area contributed by atoms with E-state index >= 15 is 0 Å². The van der Waals surface area contributed by atoms with Crippen LogP contribution in [0.1, 0.15) is 72.3 Å². The number of halogens is 7. The zero-order valence-corrected chi connectivity index (χ0v) is 75.6. The van der Waals surface area contributed by atoms with E-state index in [1.165, 1.54) is 77.9 Å². The van der Waals surface area contributed by atoms with Gasteiger partial charge in [-0.1, -0.05) is 239 Å². The van der Waals surface area contributed by atoms with Crippen molar-refractivity contribution in [3.8, 4) is 0 Å². The molecular weight excluding hydrogens is 1860 g/mol. The van der Waals surface area contributed by atoms with Gasteiger partial charge < -0.3 is 39.2 Å². The standard InChI is InChI=1S/C24H26O6S2.C10H12Br2O3S.C10H12Br2.C10H10O3S.C10H14O2.C7H7ClO2S.CH3.BrH.ClHO3S.Li.Na/c1-19-3-11-23(12-4-19)31(25,26)29-17-15-21-7-9-22(10-8-21)16-18-30-32(27,28)24-13-5-20(2)6-14-24;11-5-3-8-1-2-9(4-6-12)10(7-8)16(13,14)15;11-7-5-9-1-2-10(4-3-9)6-8-12;1-3-8-5-6-9(4-2)10(7-8)14(11,12)13;11-7-5-9-1-2-10(4-3-9)6-8-12;1-6-2-4-7(5-3-6)11(8,9)10;;;1-5(2,3)4;;/h3-14H,15-18H2,1-2H3;1-2,7H,3-6H2,(H,13,14,15);1-4H,5-8H2;3-7H,1-2H2,(H,11,12,13);1-4,11-12H,5-8H2;2-5H,1H3;1H3;1H;(H,2,3,4);;/q;;;;;;-1;;;2*+1/p-2. The summed E-state index contributed by atoms with van der Waals surface area (Å²) in [6.07, 6.45) is 8.63. The number of aliphatic hydroxyl groups excluding tert-OH is 2. The molecule has 0 fully saturated rings. The predicted molar refractivity (Wildman–Crippen MR) is 426 cm³/mol. The van der Waals surface area contributed by atoms with E-state index < -0.39 is 58.9 Å². The molecule has 8 aromatic carbocycles. The molecule has 0 aliphatic carbocycles. The molecule has 0 unspecified atom stereocenters. The van der Waals surface area contributed by atoms with Crippen molar-refractivity contribution >= 4 is 156 Å². The van der Waals surface area contributed by atoms with E-state index in [1.807, 2.05) is 75.4 Å². The van der Waals surface area contributed by atoms with Crippen molar-refractivity contribution in [2.75, 3.05) is 47.7 Å². The fraction of sp³-hybridized carbons (Fsp3) is 0.264. The number of rotatable bonds is 27. The number of hydrogen-bond donors (Lipinski definition) is 4. The van der Waals surface area contributed by atoms with Gasteiger partial charge in [-0.05, 0) is 176 Å². The molecule has 0 atom stereocenters. The smallest absolute Gasteiger partial charge is 1.00 e. The van der Waals surface area contributed by atoms with Crippen LogP contribution in [0.5, 0.6) is 0 Å². The quantitative estimate of drug-likeness (QED) is 0.0105. The van der Waals surface area contributed by atoms with Crippen molar-refractivity contribution in [3.05, 3.63) is 275 Å². The number of hydrogen-bond acceptors (Lipinski definition) is 17. The molecule has 4 N–H and O–H groups in total. The fourth-order valence-corrected chi connectivity index (χ4v) is 14.3. The summed E-state index contributed by atoms with van der Waals surface area (Å²) in [4.78, 5) is 0.179. The molecule has 19 nitrogen and oxygen atoms in total. The average Bonchev–Trinajstić information content (AvgIpc) is 0.833. The van der Waals surface area contributed by atoms with Crippen LogP contribution in [0, 0.1) is 28.2 Å². The first-order valence-corrected chi connectivity index (χ1v) is 45.3. The maximum Gasteiger partial charge on any atom is 1.00 e. The van der Waals surface area contributed by atoms with Gasteiger partial charge in [-0.15, -0.1) is 0 Å². The SMILES string of the molecule is BrCCc1ccc(CCBr)cc1.C=Cc1ccc(C=C)c(S(=O)(=O)[O-])c1.Cc1ccc(S(=O)(=O)Cl)cc1.Cc1ccc(S(=O)(=O)OCCc2ccc(CCOS(=O)(=O)c3ccc(C)cc3)cc2)cc1.O=S(=O)(O)Cl.O=S(=O)(O)c1cc(CCBr)ccc1CCBr.OCCc1ccc(CCO)cc1.[Br-].[CH3-].[Li+].[Na+]. The zero-order chi connectivity index (χ0) is 76.7. The second kappa shape index (κ2) is 55.6. The van der Waals surface area contributed by atoms with Gasteiger partial charge in [-0.2, -0.15) is 33.7 Å². The van der Waals surface area contributed by atoms with Crippen molar-refractivity contribution in [1.82, 2.24) is 0 Å². The third-order valence-corrected chi connectivity index (χ3v) is 21.2. The van der Waals surface area contributed by atoms with Crippen LogP contribution < -0.4 is 65.4 Å². The van der Waals surface area contributed by atoms with Gasteiger partial charge in [-0.25, -0.2) is 16.8 Å². The van der Waals surface area contributed by atoms with Gasteiger partial charge in [0.2, 0.25) is 0 Å². The summed E-state index contributed by atoms with van der Waals surface area (Å²) in [5, 5.41) is 20.8. The summed E-state index contributed by atoms with van der Waals surface area (Å²) >= 11 is 13.4. The Labute approximate surface area is 715 Å². The summed E-state index contributed by atoms with van der Waals surface area (Å²) < 4.78 is 170. The summed E-state index contributed by atoms with van der Waals surface area (Å²) in [6, 6.07) is 53.3. The minimum absolute atomic E-state index is 0. The fourth-order valence-electron chi connectivity index (χ4n) is 8.35. The molecule has 0 aliphatic rings. The number of alkyl halides is 4. The van der Waals surface area contributed by atoms with Crippen LogP contribution >= 0.6 is 85.1 Å². The Bertz CT molecular complexity index is 4370. The molecule has 8 rings (SSSR count). The maximum atomic E-state index is 12.2. The van der Waals surface area contributed by atoms with E-state index in [4.69, 9.17) is 46.8 Å². The molecule has 0 radical (unpaired) electrons. The van der Waals surface area contributed by atoms with Gasteiger partial charge in [0, 0.05) is 55.9 Å². The summed E-state index contributed by atoms with van der Waals surface area (Å²) in [7, 11) is -14.7. The van der Waals surface area contributed by atoms with Gasteiger partial charge in [0.1, 0.15) is 10.1 Å². The Hall–Kier alpha value is -2.76. The monoisotopic (exact) mass is 1940 g/mol. The zero-order valence-electron chi connectivity index (χ0n) is 59.2. The minimum Gasteiger partial charge on any atom is -1.00 e. The molecule has 0 heterocycles. The van der Waals surface area contributed by atoms with E-state index in [-0.39, 0.29) is 124 Å². The second-order valence-electron chi connectivity index (χ2n) is 21.6. The molecule has 0 saturated heterocycles. The van der Waals surface area contributed by atoms with Gasteiger partial charge in [0.15, 0.2) is 0 Å². The predicted octanol–water partition coefficient (Wildman–Crippen LogP) is 6.61.